The van der Waals surface area contributed by atoms with Gasteiger partial charge in [0.2, 0.25) is 10.0 Å². The number of rotatable bonds is 5. The number of hydrogen-bond donors (Lipinski definition) is 1. The maximum Gasteiger partial charge on any atom is 0.389 e. The Morgan fingerprint density at radius 1 is 1.21 bits per heavy atom. The van der Waals surface area contributed by atoms with Crippen molar-refractivity contribution in [1.29, 1.82) is 0 Å². The second-order valence-electron chi connectivity index (χ2n) is 4.88. The van der Waals surface area contributed by atoms with Crippen LogP contribution in [0.2, 0.25) is 0 Å². The Hall–Kier alpha value is -0.340. The van der Waals surface area contributed by atoms with Crippen LogP contribution in [-0.2, 0) is 10.0 Å². The Labute approximate surface area is 112 Å². The third-order valence-electron chi connectivity index (χ3n) is 3.32. The van der Waals surface area contributed by atoms with Gasteiger partial charge in [0.1, 0.15) is 0 Å². The molecule has 0 bridgehead atoms. The summed E-state index contributed by atoms with van der Waals surface area (Å²) in [7, 11) is -3.64. The number of nitrogens with two attached hydrogens (primary N) is 1. The summed E-state index contributed by atoms with van der Waals surface area (Å²) >= 11 is 0. The lowest BCUT2D eigenvalue weighted by Crippen LogP contribution is -2.45. The zero-order valence-corrected chi connectivity index (χ0v) is 11.6. The Bertz CT molecular complexity index is 371. The Kier molecular flexibility index (Phi) is 6.07. The lowest BCUT2D eigenvalue weighted by Gasteiger charge is -2.28. The van der Waals surface area contributed by atoms with Crippen LogP contribution >= 0.6 is 0 Å². The molecule has 0 aromatic rings. The van der Waals surface area contributed by atoms with Crippen LogP contribution in [0.3, 0.4) is 0 Å². The van der Waals surface area contributed by atoms with Crippen LogP contribution in [0.1, 0.15) is 38.5 Å². The molecule has 1 fully saturated rings. The summed E-state index contributed by atoms with van der Waals surface area (Å²) < 4.78 is 61.7. The molecule has 0 saturated carbocycles. The van der Waals surface area contributed by atoms with Crippen LogP contribution in [0.4, 0.5) is 13.2 Å². The minimum absolute atomic E-state index is 0.221. The van der Waals surface area contributed by atoms with Crippen molar-refractivity contribution in [3.05, 3.63) is 0 Å². The number of halogens is 3. The van der Waals surface area contributed by atoms with Crippen molar-refractivity contribution < 1.29 is 21.6 Å². The van der Waals surface area contributed by atoms with Gasteiger partial charge in [-0.05, 0) is 19.3 Å². The normalized spacial score (nSPS) is 23.3. The average molecular weight is 302 g/mol. The van der Waals surface area contributed by atoms with Gasteiger partial charge in [-0.25, -0.2) is 8.42 Å². The van der Waals surface area contributed by atoms with Gasteiger partial charge in [0.25, 0.3) is 0 Å². The first-order valence-electron chi connectivity index (χ1n) is 6.52. The number of sulfonamides is 1. The van der Waals surface area contributed by atoms with Crippen molar-refractivity contribution in [3.8, 4) is 0 Å². The van der Waals surface area contributed by atoms with Crippen molar-refractivity contribution in [2.75, 3.05) is 18.8 Å². The summed E-state index contributed by atoms with van der Waals surface area (Å²) in [4.78, 5) is 0. The van der Waals surface area contributed by atoms with E-state index in [0.29, 0.717) is 13.0 Å². The van der Waals surface area contributed by atoms with Gasteiger partial charge < -0.3 is 5.73 Å². The Balaban J connectivity index is 2.63. The largest absolute Gasteiger partial charge is 0.389 e. The molecule has 0 aromatic carbocycles. The Morgan fingerprint density at radius 2 is 1.89 bits per heavy atom. The predicted molar refractivity (Wildman–Crippen MR) is 67.1 cm³/mol. The molecule has 1 saturated heterocycles. The first-order chi connectivity index (χ1) is 8.76. The molecule has 114 valence electrons. The third-order valence-corrected chi connectivity index (χ3v) is 5.31. The first-order valence-corrected chi connectivity index (χ1v) is 8.13. The van der Waals surface area contributed by atoms with E-state index in [4.69, 9.17) is 5.73 Å². The monoisotopic (exact) mass is 302 g/mol. The number of hydrogen-bond acceptors (Lipinski definition) is 3. The van der Waals surface area contributed by atoms with E-state index in [1.54, 1.807) is 0 Å². The molecule has 1 aliphatic heterocycles. The molecule has 8 heteroatoms. The molecule has 1 unspecified atom stereocenters. The van der Waals surface area contributed by atoms with Crippen LogP contribution < -0.4 is 5.73 Å². The van der Waals surface area contributed by atoms with E-state index < -0.39 is 28.4 Å². The molecule has 19 heavy (non-hydrogen) atoms. The van der Waals surface area contributed by atoms with E-state index >= 15 is 0 Å². The molecule has 0 aromatic heterocycles. The van der Waals surface area contributed by atoms with Crippen molar-refractivity contribution in [2.45, 2.75) is 50.7 Å². The highest BCUT2D eigenvalue weighted by Gasteiger charge is 2.32. The maximum absolute atomic E-state index is 12.1. The van der Waals surface area contributed by atoms with Gasteiger partial charge in [0.15, 0.2) is 0 Å². The zero-order valence-electron chi connectivity index (χ0n) is 10.8. The van der Waals surface area contributed by atoms with Crippen molar-refractivity contribution in [1.82, 2.24) is 4.31 Å². The summed E-state index contributed by atoms with van der Waals surface area (Å²) in [6.45, 7) is 0.592. The average Bonchev–Trinajstić information content (AvgIpc) is 2.51. The highest BCUT2D eigenvalue weighted by molar-refractivity contribution is 7.89. The molecular formula is C11H21F3N2O2S. The van der Waals surface area contributed by atoms with Gasteiger partial charge in [-0.3, -0.25) is 0 Å². The van der Waals surface area contributed by atoms with Gasteiger partial charge in [0, 0.05) is 25.6 Å². The fraction of sp³-hybridized carbons (Fsp3) is 1.00. The van der Waals surface area contributed by atoms with E-state index in [9.17, 15) is 21.6 Å². The standard InChI is InChI=1S/C11H21F3N2O2S/c12-11(13,14)6-4-8-19(17,18)16-7-3-1-2-5-10(16)9-15/h10H,1-9,15H2. The fourth-order valence-corrected chi connectivity index (χ4v) is 4.12. The number of alkyl halides is 3. The lowest BCUT2D eigenvalue weighted by atomic mass is 10.1. The highest BCUT2D eigenvalue weighted by Crippen LogP contribution is 2.24. The SMILES string of the molecule is NCC1CCCCCN1S(=O)(=O)CCCC(F)(F)F. The van der Waals surface area contributed by atoms with Crippen LogP contribution in [0.25, 0.3) is 0 Å². The number of nitrogens with zero attached hydrogens (tertiary/aromatic N) is 1. The van der Waals surface area contributed by atoms with E-state index in [1.807, 2.05) is 0 Å². The molecule has 0 aliphatic carbocycles. The minimum atomic E-state index is -4.30. The predicted octanol–water partition coefficient (Wildman–Crippen LogP) is 1.86. The molecule has 0 radical (unpaired) electrons. The molecule has 2 N–H and O–H groups in total. The lowest BCUT2D eigenvalue weighted by molar-refractivity contribution is -0.134. The quantitative estimate of drug-likeness (QED) is 0.843. The first kappa shape index (κ1) is 16.7. The van der Waals surface area contributed by atoms with Crippen molar-refractivity contribution >= 4 is 10.0 Å². The van der Waals surface area contributed by atoms with Crippen LogP contribution in [0.15, 0.2) is 0 Å². The molecule has 1 atom stereocenters. The van der Waals surface area contributed by atoms with E-state index in [0.717, 1.165) is 19.3 Å². The van der Waals surface area contributed by atoms with E-state index in [-0.39, 0.29) is 19.0 Å². The molecule has 4 nitrogen and oxygen atoms in total. The van der Waals surface area contributed by atoms with Gasteiger partial charge in [-0.2, -0.15) is 17.5 Å². The van der Waals surface area contributed by atoms with Gasteiger partial charge in [0.05, 0.1) is 5.75 Å². The second-order valence-corrected chi connectivity index (χ2v) is 6.93. The fourth-order valence-electron chi connectivity index (χ4n) is 2.32. The van der Waals surface area contributed by atoms with Crippen LogP contribution in [-0.4, -0.2) is 43.8 Å². The topological polar surface area (TPSA) is 63.4 Å². The minimum Gasteiger partial charge on any atom is -0.329 e. The summed E-state index contributed by atoms with van der Waals surface area (Å²) in [5.41, 5.74) is 5.57. The van der Waals surface area contributed by atoms with Gasteiger partial charge in [-0.15, -0.1) is 0 Å². The Morgan fingerprint density at radius 3 is 2.47 bits per heavy atom. The molecule has 1 rings (SSSR count). The van der Waals surface area contributed by atoms with Crippen molar-refractivity contribution in [3.63, 3.8) is 0 Å². The molecule has 0 amide bonds. The summed E-state index contributed by atoms with van der Waals surface area (Å²) in [5, 5.41) is 0. The molecule has 1 aliphatic rings. The summed E-state index contributed by atoms with van der Waals surface area (Å²) in [5.74, 6) is -0.455. The van der Waals surface area contributed by atoms with Gasteiger partial charge >= 0.3 is 6.18 Å². The smallest absolute Gasteiger partial charge is 0.329 e. The molecule has 1 heterocycles. The molecular weight excluding hydrogens is 281 g/mol. The molecule has 0 spiro atoms. The van der Waals surface area contributed by atoms with Crippen molar-refractivity contribution in [2.24, 2.45) is 5.73 Å². The second kappa shape index (κ2) is 6.90. The van der Waals surface area contributed by atoms with Gasteiger partial charge in [-0.1, -0.05) is 12.8 Å². The van der Waals surface area contributed by atoms with Crippen LogP contribution in [0.5, 0.6) is 0 Å². The maximum atomic E-state index is 12.1. The van der Waals surface area contributed by atoms with Crippen LogP contribution in [0, 0.1) is 0 Å². The summed E-state index contributed by atoms with van der Waals surface area (Å²) in [6.07, 6.45) is -2.47. The third kappa shape index (κ3) is 5.66. The van der Waals surface area contributed by atoms with E-state index in [2.05, 4.69) is 0 Å². The van der Waals surface area contributed by atoms with E-state index in [1.165, 1.54) is 4.31 Å². The zero-order chi connectivity index (χ0) is 14.5. The highest BCUT2D eigenvalue weighted by atomic mass is 32.2. The summed E-state index contributed by atoms with van der Waals surface area (Å²) in [6, 6.07) is -0.265.